The summed E-state index contributed by atoms with van der Waals surface area (Å²) in [7, 11) is 0. The van der Waals surface area contributed by atoms with Crippen LogP contribution in [0.25, 0.3) is 10.9 Å². The number of nitrogens with zero attached hydrogens (tertiary/aromatic N) is 1. The van der Waals surface area contributed by atoms with Crippen LogP contribution in [0.1, 0.15) is 6.92 Å². The zero-order chi connectivity index (χ0) is 10.8. The second kappa shape index (κ2) is 3.87. The van der Waals surface area contributed by atoms with Crippen LogP contribution in [0.3, 0.4) is 0 Å². The minimum atomic E-state index is -0.0868. The highest BCUT2D eigenvalue weighted by Gasteiger charge is 1.99. The Morgan fingerprint density at radius 2 is 2.13 bits per heavy atom. The van der Waals surface area contributed by atoms with Crippen LogP contribution in [-0.2, 0) is 4.79 Å². The molecule has 4 heteroatoms. The first-order valence-electron chi connectivity index (χ1n) is 4.49. The maximum absolute atomic E-state index is 10.9. The number of aromatic nitrogens is 1. The maximum atomic E-state index is 10.9. The highest BCUT2D eigenvalue weighted by Crippen LogP contribution is 2.19. The number of amides is 1. The van der Waals surface area contributed by atoms with Crippen molar-refractivity contribution in [2.75, 3.05) is 5.32 Å². The third kappa shape index (κ3) is 2.25. The summed E-state index contributed by atoms with van der Waals surface area (Å²) >= 11 is 5.76. The van der Waals surface area contributed by atoms with E-state index < -0.39 is 0 Å². The zero-order valence-corrected chi connectivity index (χ0v) is 8.88. The van der Waals surface area contributed by atoms with Gasteiger partial charge in [-0.05, 0) is 30.3 Å². The van der Waals surface area contributed by atoms with Gasteiger partial charge in [-0.1, -0.05) is 11.6 Å². The smallest absolute Gasteiger partial charge is 0.221 e. The van der Waals surface area contributed by atoms with Crippen molar-refractivity contribution in [3.8, 4) is 0 Å². The van der Waals surface area contributed by atoms with Crippen molar-refractivity contribution in [3.05, 3.63) is 35.5 Å². The van der Waals surface area contributed by atoms with Crippen LogP contribution in [0.4, 0.5) is 5.69 Å². The fourth-order valence-corrected chi connectivity index (χ4v) is 1.54. The average molecular weight is 221 g/mol. The number of halogens is 1. The summed E-state index contributed by atoms with van der Waals surface area (Å²) in [4.78, 5) is 15.0. The molecule has 0 radical (unpaired) electrons. The van der Waals surface area contributed by atoms with Gasteiger partial charge < -0.3 is 5.32 Å². The Hall–Kier alpha value is -1.61. The van der Waals surface area contributed by atoms with Gasteiger partial charge in [0, 0.05) is 18.0 Å². The highest BCUT2D eigenvalue weighted by atomic mass is 35.5. The Morgan fingerprint density at radius 3 is 2.87 bits per heavy atom. The Bertz CT molecular complexity index is 525. The fourth-order valence-electron chi connectivity index (χ4n) is 1.38. The van der Waals surface area contributed by atoms with Crippen LogP contribution in [0, 0.1) is 0 Å². The largest absolute Gasteiger partial charge is 0.326 e. The van der Waals surface area contributed by atoms with Crippen molar-refractivity contribution < 1.29 is 4.79 Å². The number of fused-ring (bicyclic) bond motifs is 1. The predicted molar refractivity (Wildman–Crippen MR) is 61.1 cm³/mol. The average Bonchev–Trinajstić information content (AvgIpc) is 2.17. The van der Waals surface area contributed by atoms with Gasteiger partial charge in [0.1, 0.15) is 5.15 Å². The number of rotatable bonds is 1. The van der Waals surface area contributed by atoms with E-state index in [0.717, 1.165) is 16.6 Å². The lowest BCUT2D eigenvalue weighted by Gasteiger charge is -2.03. The number of pyridine rings is 1. The highest BCUT2D eigenvalue weighted by molar-refractivity contribution is 6.29. The van der Waals surface area contributed by atoms with Gasteiger partial charge in [-0.25, -0.2) is 4.98 Å². The predicted octanol–water partition coefficient (Wildman–Crippen LogP) is 2.85. The van der Waals surface area contributed by atoms with E-state index in [1.54, 1.807) is 12.1 Å². The number of carbonyl (C=O) groups is 1. The van der Waals surface area contributed by atoms with Gasteiger partial charge >= 0.3 is 0 Å². The van der Waals surface area contributed by atoms with Crippen LogP contribution >= 0.6 is 11.6 Å². The molecule has 0 aliphatic heterocycles. The molecule has 0 saturated carbocycles. The quantitative estimate of drug-likeness (QED) is 0.751. The second-order valence-corrected chi connectivity index (χ2v) is 3.61. The van der Waals surface area contributed by atoms with Crippen LogP contribution in [0.15, 0.2) is 30.3 Å². The van der Waals surface area contributed by atoms with E-state index in [0.29, 0.717) is 5.15 Å². The Kier molecular flexibility index (Phi) is 2.56. The lowest BCUT2D eigenvalue weighted by molar-refractivity contribution is -0.114. The second-order valence-electron chi connectivity index (χ2n) is 3.22. The number of anilines is 1. The van der Waals surface area contributed by atoms with Crippen LogP contribution in [0.5, 0.6) is 0 Å². The minimum Gasteiger partial charge on any atom is -0.326 e. The number of hydrogen-bond acceptors (Lipinski definition) is 2. The molecule has 0 aliphatic carbocycles. The molecule has 1 N–H and O–H groups in total. The molecule has 1 heterocycles. The number of benzene rings is 1. The summed E-state index contributed by atoms with van der Waals surface area (Å²) in [5.74, 6) is -0.0868. The topological polar surface area (TPSA) is 42.0 Å². The molecule has 0 fully saturated rings. The van der Waals surface area contributed by atoms with E-state index >= 15 is 0 Å². The SMILES string of the molecule is CC(=O)Nc1ccc2nc(Cl)ccc2c1. The first-order chi connectivity index (χ1) is 7.15. The molecule has 0 atom stereocenters. The minimum absolute atomic E-state index is 0.0868. The molecule has 3 nitrogen and oxygen atoms in total. The molecule has 15 heavy (non-hydrogen) atoms. The molecule has 1 aromatic heterocycles. The van der Waals surface area contributed by atoms with E-state index in [1.165, 1.54) is 6.92 Å². The molecular formula is C11H9ClN2O. The van der Waals surface area contributed by atoms with E-state index in [9.17, 15) is 4.79 Å². The van der Waals surface area contributed by atoms with Gasteiger partial charge in [-0.2, -0.15) is 0 Å². The third-order valence-electron chi connectivity index (χ3n) is 1.98. The summed E-state index contributed by atoms with van der Waals surface area (Å²) in [6.45, 7) is 1.48. The van der Waals surface area contributed by atoms with Gasteiger partial charge in [0.05, 0.1) is 5.52 Å². The summed E-state index contributed by atoms with van der Waals surface area (Å²) in [6.07, 6.45) is 0. The molecule has 2 aromatic rings. The number of hydrogen-bond donors (Lipinski definition) is 1. The summed E-state index contributed by atoms with van der Waals surface area (Å²) in [6, 6.07) is 9.08. The molecule has 1 amide bonds. The van der Waals surface area contributed by atoms with Crippen molar-refractivity contribution in [2.24, 2.45) is 0 Å². The summed E-state index contributed by atoms with van der Waals surface area (Å²) in [5.41, 5.74) is 1.58. The van der Waals surface area contributed by atoms with Crippen molar-refractivity contribution in [1.82, 2.24) is 4.98 Å². The number of carbonyl (C=O) groups excluding carboxylic acids is 1. The van der Waals surface area contributed by atoms with E-state index in [4.69, 9.17) is 11.6 Å². The van der Waals surface area contributed by atoms with Crippen molar-refractivity contribution >= 4 is 34.1 Å². The lowest BCUT2D eigenvalue weighted by atomic mass is 10.2. The van der Waals surface area contributed by atoms with Gasteiger partial charge in [0.25, 0.3) is 0 Å². The lowest BCUT2D eigenvalue weighted by Crippen LogP contribution is -2.05. The Labute approximate surface area is 92.1 Å². The normalized spacial score (nSPS) is 10.3. The molecular weight excluding hydrogens is 212 g/mol. The Balaban J connectivity index is 2.47. The summed E-state index contributed by atoms with van der Waals surface area (Å²) < 4.78 is 0. The van der Waals surface area contributed by atoms with Crippen LogP contribution < -0.4 is 5.32 Å². The monoisotopic (exact) mass is 220 g/mol. The summed E-state index contributed by atoms with van der Waals surface area (Å²) in [5, 5.41) is 4.13. The van der Waals surface area contributed by atoms with Gasteiger partial charge in [0.15, 0.2) is 0 Å². The molecule has 2 rings (SSSR count). The standard InChI is InChI=1S/C11H9ClN2O/c1-7(15)13-9-3-4-10-8(6-9)2-5-11(12)14-10/h2-6H,1H3,(H,13,15). The van der Waals surface area contributed by atoms with Crippen molar-refractivity contribution in [3.63, 3.8) is 0 Å². The van der Waals surface area contributed by atoms with Gasteiger partial charge in [-0.15, -0.1) is 0 Å². The van der Waals surface area contributed by atoms with Gasteiger partial charge in [0.2, 0.25) is 5.91 Å². The van der Waals surface area contributed by atoms with Crippen molar-refractivity contribution in [2.45, 2.75) is 6.92 Å². The molecule has 1 aromatic carbocycles. The van der Waals surface area contributed by atoms with Gasteiger partial charge in [-0.3, -0.25) is 4.79 Å². The van der Waals surface area contributed by atoms with E-state index in [-0.39, 0.29) is 5.91 Å². The van der Waals surface area contributed by atoms with E-state index in [2.05, 4.69) is 10.3 Å². The molecule has 76 valence electrons. The molecule has 0 bridgehead atoms. The first kappa shape index (κ1) is 9.93. The van der Waals surface area contributed by atoms with Crippen LogP contribution in [-0.4, -0.2) is 10.9 Å². The van der Waals surface area contributed by atoms with Crippen molar-refractivity contribution in [1.29, 1.82) is 0 Å². The third-order valence-corrected chi connectivity index (χ3v) is 2.19. The fraction of sp³-hybridized carbons (Fsp3) is 0.0909. The maximum Gasteiger partial charge on any atom is 0.221 e. The Morgan fingerprint density at radius 1 is 1.33 bits per heavy atom. The van der Waals surface area contributed by atoms with E-state index in [1.807, 2.05) is 18.2 Å². The molecule has 0 saturated heterocycles. The molecule has 0 aliphatic rings. The molecule has 0 spiro atoms. The van der Waals surface area contributed by atoms with Crippen LogP contribution in [0.2, 0.25) is 5.15 Å². The zero-order valence-electron chi connectivity index (χ0n) is 8.12. The first-order valence-corrected chi connectivity index (χ1v) is 4.87. The molecule has 0 unspecified atom stereocenters. The number of nitrogens with one attached hydrogen (secondary N) is 1.